The van der Waals surface area contributed by atoms with Gasteiger partial charge >= 0.3 is 5.97 Å². The largest absolute Gasteiger partial charge is 0.478 e. The molecule has 0 spiro atoms. The van der Waals surface area contributed by atoms with Crippen molar-refractivity contribution in [2.45, 2.75) is 38.0 Å². The van der Waals surface area contributed by atoms with E-state index in [1.807, 2.05) is 0 Å². The molecule has 21 heavy (non-hydrogen) atoms. The van der Waals surface area contributed by atoms with Crippen molar-refractivity contribution in [3.8, 4) is 0 Å². The smallest absolute Gasteiger partial charge is 0.335 e. The minimum Gasteiger partial charge on any atom is -0.478 e. The van der Waals surface area contributed by atoms with Crippen LogP contribution in [0.4, 0.5) is 0 Å². The summed E-state index contributed by atoms with van der Waals surface area (Å²) < 4.78 is 27.3. The summed E-state index contributed by atoms with van der Waals surface area (Å²) in [6.45, 7) is 4.26. The van der Waals surface area contributed by atoms with Gasteiger partial charge in [-0.2, -0.15) is 0 Å². The molecule has 1 aliphatic rings. The number of rotatable bonds is 5. The molecular weight excluding hydrogens is 290 g/mol. The number of aromatic carboxylic acids is 1. The summed E-state index contributed by atoms with van der Waals surface area (Å²) in [7, 11) is -3.67. The van der Waals surface area contributed by atoms with E-state index in [0.717, 1.165) is 19.3 Å². The Morgan fingerprint density at radius 1 is 1.38 bits per heavy atom. The molecule has 0 aliphatic heterocycles. The first-order valence-corrected chi connectivity index (χ1v) is 8.61. The lowest BCUT2D eigenvalue weighted by Gasteiger charge is -2.13. The fraction of sp³-hybridized carbons (Fsp3) is 0.533. The van der Waals surface area contributed by atoms with Crippen molar-refractivity contribution in [3.63, 3.8) is 0 Å². The van der Waals surface area contributed by atoms with Gasteiger partial charge in [-0.25, -0.2) is 17.9 Å². The van der Waals surface area contributed by atoms with Crippen LogP contribution in [-0.2, 0) is 10.0 Å². The number of nitrogens with one attached hydrogen (secondary N) is 1. The second-order valence-electron chi connectivity index (χ2n) is 5.92. The molecule has 0 aromatic heterocycles. The zero-order chi connectivity index (χ0) is 15.6. The van der Waals surface area contributed by atoms with E-state index < -0.39 is 16.0 Å². The standard InChI is InChI=1S/C15H21NO4S/c1-10-3-5-12(7-10)9-16-21(19,20)14-8-13(15(17)18)6-4-11(14)2/h4,6,8,10,12,16H,3,5,7,9H2,1-2H3,(H,17,18). The van der Waals surface area contributed by atoms with E-state index in [1.54, 1.807) is 6.92 Å². The van der Waals surface area contributed by atoms with Crippen LogP contribution in [-0.4, -0.2) is 26.0 Å². The summed E-state index contributed by atoms with van der Waals surface area (Å²) >= 11 is 0. The molecule has 1 aromatic carbocycles. The summed E-state index contributed by atoms with van der Waals surface area (Å²) in [6, 6.07) is 4.16. The molecule has 1 aliphatic carbocycles. The van der Waals surface area contributed by atoms with Crippen molar-refractivity contribution in [1.29, 1.82) is 0 Å². The number of carbonyl (C=O) groups is 1. The van der Waals surface area contributed by atoms with Crippen LogP contribution in [0.1, 0.15) is 42.1 Å². The number of carboxylic acids is 1. The normalized spacial score (nSPS) is 22.4. The molecule has 2 rings (SSSR count). The van der Waals surface area contributed by atoms with Gasteiger partial charge in [0.2, 0.25) is 10.0 Å². The number of carboxylic acid groups (broad SMARTS) is 1. The van der Waals surface area contributed by atoms with Crippen LogP contribution < -0.4 is 4.72 Å². The van der Waals surface area contributed by atoms with Gasteiger partial charge in [0.25, 0.3) is 0 Å². The van der Waals surface area contributed by atoms with Crippen molar-refractivity contribution in [2.75, 3.05) is 6.54 Å². The number of benzene rings is 1. The van der Waals surface area contributed by atoms with E-state index in [9.17, 15) is 13.2 Å². The molecule has 2 unspecified atom stereocenters. The summed E-state index contributed by atoms with van der Waals surface area (Å²) in [5.41, 5.74) is 0.530. The maximum atomic E-state index is 12.4. The van der Waals surface area contributed by atoms with Crippen LogP contribution in [0.15, 0.2) is 23.1 Å². The Hall–Kier alpha value is -1.40. The second-order valence-corrected chi connectivity index (χ2v) is 7.66. The highest BCUT2D eigenvalue weighted by Crippen LogP contribution is 2.30. The molecular formula is C15H21NO4S. The summed E-state index contributed by atoms with van der Waals surface area (Å²) in [6.07, 6.45) is 3.22. The second kappa shape index (κ2) is 6.15. The Bertz CT molecular complexity index is 639. The Morgan fingerprint density at radius 2 is 2.10 bits per heavy atom. The highest BCUT2D eigenvalue weighted by molar-refractivity contribution is 7.89. The van der Waals surface area contributed by atoms with Crippen molar-refractivity contribution in [3.05, 3.63) is 29.3 Å². The SMILES string of the molecule is Cc1ccc(C(=O)O)cc1S(=O)(=O)NCC1CCC(C)C1. The lowest BCUT2D eigenvalue weighted by atomic mass is 10.1. The zero-order valence-corrected chi connectivity index (χ0v) is 13.1. The summed E-state index contributed by atoms with van der Waals surface area (Å²) in [4.78, 5) is 11.0. The maximum absolute atomic E-state index is 12.4. The zero-order valence-electron chi connectivity index (χ0n) is 12.3. The van der Waals surface area contributed by atoms with Crippen LogP contribution in [0.3, 0.4) is 0 Å². The molecule has 0 heterocycles. The van der Waals surface area contributed by atoms with E-state index in [2.05, 4.69) is 11.6 Å². The van der Waals surface area contributed by atoms with E-state index in [4.69, 9.17) is 5.11 Å². The van der Waals surface area contributed by atoms with Gasteiger partial charge in [-0.15, -0.1) is 0 Å². The molecule has 2 N–H and O–H groups in total. The summed E-state index contributed by atoms with van der Waals surface area (Å²) in [5, 5.41) is 8.98. The maximum Gasteiger partial charge on any atom is 0.335 e. The monoisotopic (exact) mass is 311 g/mol. The van der Waals surface area contributed by atoms with Gasteiger partial charge in [0.05, 0.1) is 10.5 Å². The number of hydrogen-bond donors (Lipinski definition) is 2. The van der Waals surface area contributed by atoms with Gasteiger partial charge in [-0.05, 0) is 49.3 Å². The van der Waals surface area contributed by atoms with E-state index in [0.29, 0.717) is 23.9 Å². The molecule has 116 valence electrons. The molecule has 0 amide bonds. The van der Waals surface area contributed by atoms with Crippen LogP contribution >= 0.6 is 0 Å². The van der Waals surface area contributed by atoms with Crippen molar-refractivity contribution < 1.29 is 18.3 Å². The van der Waals surface area contributed by atoms with Crippen LogP contribution in [0.25, 0.3) is 0 Å². The van der Waals surface area contributed by atoms with Gasteiger partial charge in [-0.3, -0.25) is 0 Å². The third-order valence-corrected chi connectivity index (χ3v) is 5.66. The first kappa shape index (κ1) is 16.0. The first-order chi connectivity index (χ1) is 9.79. The lowest BCUT2D eigenvalue weighted by Crippen LogP contribution is -2.29. The molecule has 0 saturated heterocycles. The first-order valence-electron chi connectivity index (χ1n) is 7.13. The van der Waals surface area contributed by atoms with Gasteiger partial charge in [0.15, 0.2) is 0 Å². The number of aryl methyl sites for hydroxylation is 1. The van der Waals surface area contributed by atoms with Crippen molar-refractivity contribution >= 4 is 16.0 Å². The average molecular weight is 311 g/mol. The van der Waals surface area contributed by atoms with Crippen molar-refractivity contribution in [1.82, 2.24) is 4.72 Å². The summed E-state index contributed by atoms with van der Waals surface area (Å²) in [5.74, 6) is -0.106. The van der Waals surface area contributed by atoms with E-state index in [1.165, 1.54) is 18.2 Å². The Balaban J connectivity index is 2.15. The third-order valence-electron chi connectivity index (χ3n) is 4.09. The Morgan fingerprint density at radius 3 is 2.67 bits per heavy atom. The molecule has 0 bridgehead atoms. The predicted molar refractivity (Wildman–Crippen MR) is 79.8 cm³/mol. The molecule has 1 aromatic rings. The van der Waals surface area contributed by atoms with E-state index >= 15 is 0 Å². The fourth-order valence-electron chi connectivity index (χ4n) is 2.84. The molecule has 2 atom stereocenters. The lowest BCUT2D eigenvalue weighted by molar-refractivity contribution is 0.0696. The molecule has 0 radical (unpaired) electrons. The minimum absolute atomic E-state index is 0.0181. The Labute approximate surface area is 125 Å². The highest BCUT2D eigenvalue weighted by atomic mass is 32.2. The topological polar surface area (TPSA) is 83.5 Å². The minimum atomic E-state index is -3.67. The van der Waals surface area contributed by atoms with Crippen LogP contribution in [0, 0.1) is 18.8 Å². The van der Waals surface area contributed by atoms with Gasteiger partial charge in [0.1, 0.15) is 0 Å². The third kappa shape index (κ3) is 3.83. The van der Waals surface area contributed by atoms with Gasteiger partial charge in [0, 0.05) is 6.54 Å². The number of sulfonamides is 1. The Kier molecular flexibility index (Phi) is 4.68. The molecule has 6 heteroatoms. The molecule has 1 saturated carbocycles. The molecule has 5 nitrogen and oxygen atoms in total. The van der Waals surface area contributed by atoms with Gasteiger partial charge in [-0.1, -0.05) is 19.4 Å². The van der Waals surface area contributed by atoms with Crippen LogP contribution in [0.2, 0.25) is 0 Å². The average Bonchev–Trinajstić information content (AvgIpc) is 2.82. The van der Waals surface area contributed by atoms with Crippen molar-refractivity contribution in [2.24, 2.45) is 11.8 Å². The molecule has 1 fully saturated rings. The number of hydrogen-bond acceptors (Lipinski definition) is 3. The predicted octanol–water partition coefficient (Wildman–Crippen LogP) is 2.41. The van der Waals surface area contributed by atoms with Gasteiger partial charge < -0.3 is 5.11 Å². The van der Waals surface area contributed by atoms with E-state index in [-0.39, 0.29) is 10.5 Å². The van der Waals surface area contributed by atoms with Crippen LogP contribution in [0.5, 0.6) is 0 Å². The fourth-order valence-corrected chi connectivity index (χ4v) is 4.22. The quantitative estimate of drug-likeness (QED) is 0.874. The highest BCUT2D eigenvalue weighted by Gasteiger charge is 2.24.